The Bertz CT molecular complexity index is 505. The smallest absolute Gasteiger partial charge is 0.269 e. The van der Waals surface area contributed by atoms with E-state index in [1.165, 1.54) is 38.5 Å². The van der Waals surface area contributed by atoms with E-state index in [-0.39, 0.29) is 5.92 Å². The van der Waals surface area contributed by atoms with Crippen molar-refractivity contribution in [1.82, 2.24) is 0 Å². The molecule has 0 N–H and O–H groups in total. The average molecular weight is 357 g/mol. The summed E-state index contributed by atoms with van der Waals surface area (Å²) in [5.41, 5.74) is 0. The second kappa shape index (κ2) is 10.4. The van der Waals surface area contributed by atoms with E-state index in [4.69, 9.17) is 4.18 Å². The van der Waals surface area contributed by atoms with E-state index in [2.05, 4.69) is 13.8 Å². The van der Waals surface area contributed by atoms with E-state index in [1.807, 2.05) is 19.1 Å². The second-order valence-electron chi connectivity index (χ2n) is 7.65. The van der Waals surface area contributed by atoms with Crippen LogP contribution in [0.25, 0.3) is 0 Å². The van der Waals surface area contributed by atoms with Crippen LogP contribution in [0.1, 0.15) is 79.1 Å². The maximum Gasteiger partial charge on any atom is 0.277 e. The molecule has 24 heavy (non-hydrogen) atoms. The molecule has 2 unspecified atom stereocenters. The highest BCUT2D eigenvalue weighted by molar-refractivity contribution is 7.88. The molecule has 0 fully saturated rings. The van der Waals surface area contributed by atoms with Crippen LogP contribution in [0.4, 0.5) is 0 Å². The zero-order chi connectivity index (χ0) is 18.1. The molecule has 0 radical (unpaired) electrons. The van der Waals surface area contributed by atoms with Crippen LogP contribution in [0.15, 0.2) is 24.3 Å². The third-order valence-corrected chi connectivity index (χ3v) is 7.11. The minimum absolute atomic E-state index is 0.0710. The van der Waals surface area contributed by atoms with Gasteiger partial charge in [0.2, 0.25) is 0 Å². The molecule has 0 saturated heterocycles. The van der Waals surface area contributed by atoms with Crippen molar-refractivity contribution in [2.24, 2.45) is 11.8 Å². The molecule has 0 aliphatic heterocycles. The van der Waals surface area contributed by atoms with Gasteiger partial charge in [0, 0.05) is 0 Å². The first-order chi connectivity index (χ1) is 11.3. The summed E-state index contributed by atoms with van der Waals surface area (Å²) in [6.45, 7) is 8.50. The molecule has 0 amide bonds. The van der Waals surface area contributed by atoms with Gasteiger partial charge in [0.15, 0.2) is 0 Å². The Labute approximate surface area is 149 Å². The monoisotopic (exact) mass is 356 g/mol. The minimum Gasteiger partial charge on any atom is -0.269 e. The standard InChI is InChI=1S/C20H36O3S/c1-18(2)14-10-8-6-5-7-9-13-17-23-24(21,22)20(4)16-12-11-15-19(20)3/h11-12,15-16,18-19H,5-10,13-14,17H2,1-4H3. The number of hydrogen-bond acceptors (Lipinski definition) is 3. The van der Waals surface area contributed by atoms with Crippen molar-refractivity contribution in [3.8, 4) is 0 Å². The van der Waals surface area contributed by atoms with E-state index >= 15 is 0 Å². The van der Waals surface area contributed by atoms with Gasteiger partial charge in [-0.05, 0) is 25.2 Å². The SMILES string of the molecule is CC(C)CCCCCCCCCOS(=O)(=O)C1(C)C=CC=CC1C. The predicted octanol–water partition coefficient (Wildman–Crippen LogP) is 5.63. The van der Waals surface area contributed by atoms with Crippen molar-refractivity contribution >= 4 is 10.1 Å². The molecule has 3 nitrogen and oxygen atoms in total. The summed E-state index contributed by atoms with van der Waals surface area (Å²) in [4.78, 5) is 0. The molecule has 0 spiro atoms. The topological polar surface area (TPSA) is 43.4 Å². The van der Waals surface area contributed by atoms with Gasteiger partial charge in [0.1, 0.15) is 4.75 Å². The van der Waals surface area contributed by atoms with Gasteiger partial charge in [-0.15, -0.1) is 0 Å². The lowest BCUT2D eigenvalue weighted by atomic mass is 9.91. The number of unbranched alkanes of at least 4 members (excludes halogenated alkanes) is 6. The van der Waals surface area contributed by atoms with Gasteiger partial charge >= 0.3 is 0 Å². The molecule has 0 heterocycles. The van der Waals surface area contributed by atoms with Crippen molar-refractivity contribution in [2.45, 2.75) is 83.8 Å². The summed E-state index contributed by atoms with van der Waals surface area (Å²) in [6.07, 6.45) is 16.9. The fourth-order valence-corrected chi connectivity index (χ4v) is 4.34. The molecule has 1 aliphatic rings. The Morgan fingerprint density at radius 2 is 1.58 bits per heavy atom. The van der Waals surface area contributed by atoms with Gasteiger partial charge in [-0.1, -0.05) is 90.0 Å². The Balaban J connectivity index is 2.14. The molecule has 140 valence electrons. The normalized spacial score (nSPS) is 24.0. The van der Waals surface area contributed by atoms with Crippen LogP contribution in [0.2, 0.25) is 0 Å². The quantitative estimate of drug-likeness (QED) is 0.336. The highest BCUT2D eigenvalue weighted by Gasteiger charge is 2.42. The van der Waals surface area contributed by atoms with Crippen LogP contribution in [-0.2, 0) is 14.3 Å². The van der Waals surface area contributed by atoms with Crippen molar-refractivity contribution in [1.29, 1.82) is 0 Å². The first kappa shape index (κ1) is 21.4. The maximum absolute atomic E-state index is 12.5. The van der Waals surface area contributed by atoms with Crippen molar-refractivity contribution in [2.75, 3.05) is 6.61 Å². The third kappa shape index (κ3) is 6.72. The van der Waals surface area contributed by atoms with Gasteiger partial charge in [0.05, 0.1) is 6.61 Å². The molecular formula is C20H36O3S. The lowest BCUT2D eigenvalue weighted by molar-refractivity contribution is 0.288. The molecule has 0 bridgehead atoms. The Morgan fingerprint density at radius 3 is 2.17 bits per heavy atom. The molecule has 4 heteroatoms. The number of hydrogen-bond donors (Lipinski definition) is 0. The van der Waals surface area contributed by atoms with Gasteiger partial charge in [0.25, 0.3) is 10.1 Å². The summed E-state index contributed by atoms with van der Waals surface area (Å²) in [5, 5.41) is 0. The summed E-state index contributed by atoms with van der Waals surface area (Å²) in [7, 11) is -3.58. The van der Waals surface area contributed by atoms with E-state index in [0.717, 1.165) is 18.8 Å². The van der Waals surface area contributed by atoms with Crippen molar-refractivity contribution < 1.29 is 12.6 Å². The van der Waals surface area contributed by atoms with Crippen LogP contribution in [-0.4, -0.2) is 19.8 Å². The number of rotatable bonds is 12. The molecule has 0 saturated carbocycles. The first-order valence-electron chi connectivity index (χ1n) is 9.54. The van der Waals surface area contributed by atoms with Gasteiger partial charge in [-0.25, -0.2) is 0 Å². The molecule has 0 aromatic rings. The lowest BCUT2D eigenvalue weighted by Crippen LogP contribution is -2.41. The van der Waals surface area contributed by atoms with Crippen LogP contribution >= 0.6 is 0 Å². The molecule has 0 aromatic heterocycles. The van der Waals surface area contributed by atoms with Gasteiger partial charge in [-0.2, -0.15) is 8.42 Å². The Morgan fingerprint density at radius 1 is 1.00 bits per heavy atom. The molecule has 1 aliphatic carbocycles. The van der Waals surface area contributed by atoms with E-state index in [0.29, 0.717) is 6.61 Å². The fourth-order valence-electron chi connectivity index (χ4n) is 2.97. The zero-order valence-corrected chi connectivity index (χ0v) is 16.8. The first-order valence-corrected chi connectivity index (χ1v) is 11.0. The van der Waals surface area contributed by atoms with Gasteiger partial charge < -0.3 is 0 Å². The van der Waals surface area contributed by atoms with E-state index in [1.54, 1.807) is 19.1 Å². The van der Waals surface area contributed by atoms with Gasteiger partial charge in [-0.3, -0.25) is 4.18 Å². The van der Waals surface area contributed by atoms with Crippen LogP contribution in [0, 0.1) is 11.8 Å². The highest BCUT2D eigenvalue weighted by atomic mass is 32.2. The summed E-state index contributed by atoms with van der Waals surface area (Å²) in [5.74, 6) is 0.738. The zero-order valence-electron chi connectivity index (χ0n) is 16.0. The van der Waals surface area contributed by atoms with Crippen LogP contribution < -0.4 is 0 Å². The summed E-state index contributed by atoms with van der Waals surface area (Å²) in [6, 6.07) is 0. The van der Waals surface area contributed by atoms with E-state index < -0.39 is 14.9 Å². The van der Waals surface area contributed by atoms with Crippen molar-refractivity contribution in [3.63, 3.8) is 0 Å². The Hall–Kier alpha value is -0.610. The molecule has 0 aromatic carbocycles. The summed E-state index contributed by atoms with van der Waals surface area (Å²) >= 11 is 0. The second-order valence-corrected chi connectivity index (χ2v) is 9.67. The Kier molecular flexibility index (Phi) is 9.28. The highest BCUT2D eigenvalue weighted by Crippen LogP contribution is 2.33. The van der Waals surface area contributed by atoms with Crippen LogP contribution in [0.5, 0.6) is 0 Å². The van der Waals surface area contributed by atoms with E-state index in [9.17, 15) is 8.42 Å². The molecular weight excluding hydrogens is 320 g/mol. The summed E-state index contributed by atoms with van der Waals surface area (Å²) < 4.78 is 29.3. The predicted molar refractivity (Wildman–Crippen MR) is 102 cm³/mol. The van der Waals surface area contributed by atoms with Crippen molar-refractivity contribution in [3.05, 3.63) is 24.3 Å². The molecule has 2 atom stereocenters. The minimum atomic E-state index is -3.58. The maximum atomic E-state index is 12.5. The third-order valence-electron chi connectivity index (χ3n) is 5.05. The number of allylic oxidation sites excluding steroid dienone is 3. The lowest BCUT2D eigenvalue weighted by Gasteiger charge is -2.31. The molecule has 1 rings (SSSR count). The fraction of sp³-hybridized carbons (Fsp3) is 0.800. The van der Waals surface area contributed by atoms with Crippen LogP contribution in [0.3, 0.4) is 0 Å². The average Bonchev–Trinajstić information content (AvgIpc) is 2.51. The largest absolute Gasteiger partial charge is 0.277 e.